The van der Waals surface area contributed by atoms with Crippen LogP contribution in [0.1, 0.15) is 31.0 Å². The molecule has 0 unspecified atom stereocenters. The summed E-state index contributed by atoms with van der Waals surface area (Å²) in [7, 11) is 0. The highest BCUT2D eigenvalue weighted by Gasteiger charge is 2.12. The van der Waals surface area contributed by atoms with Crippen LogP contribution in [0.3, 0.4) is 0 Å². The third-order valence-electron chi connectivity index (χ3n) is 3.47. The molecule has 0 bridgehead atoms. The van der Waals surface area contributed by atoms with Crippen molar-refractivity contribution >= 4 is 17.6 Å². The maximum absolute atomic E-state index is 4.79. The second kappa shape index (κ2) is 7.75. The Bertz CT molecular complexity index is 387. The number of hydrogen-bond acceptors (Lipinski definition) is 4. The lowest BCUT2D eigenvalue weighted by atomic mass is 10.2. The lowest BCUT2D eigenvalue weighted by Gasteiger charge is -2.22. The maximum Gasteiger partial charge on any atom is 0.128 e. The van der Waals surface area contributed by atoms with Gasteiger partial charge in [-0.2, -0.15) is 11.8 Å². The van der Waals surface area contributed by atoms with Crippen LogP contribution in [0.25, 0.3) is 0 Å². The topological polar surface area (TPSA) is 28.2 Å². The molecule has 19 heavy (non-hydrogen) atoms. The molecule has 4 heteroatoms. The van der Waals surface area contributed by atoms with Crippen molar-refractivity contribution in [3.63, 3.8) is 0 Å². The van der Waals surface area contributed by atoms with Crippen LogP contribution in [-0.2, 0) is 6.54 Å². The SMILES string of the molecule is CCCNCc1ccc(N2CCCSCC2)nc1C. The van der Waals surface area contributed by atoms with Gasteiger partial charge in [-0.1, -0.05) is 13.0 Å². The Hall–Kier alpha value is -0.740. The molecule has 1 aliphatic rings. The molecule has 0 amide bonds. The van der Waals surface area contributed by atoms with E-state index in [0.29, 0.717) is 0 Å². The zero-order valence-corrected chi connectivity index (χ0v) is 12.9. The number of hydrogen-bond donors (Lipinski definition) is 1. The third-order valence-corrected chi connectivity index (χ3v) is 4.52. The molecular weight excluding hydrogens is 254 g/mol. The summed E-state index contributed by atoms with van der Waals surface area (Å²) in [6, 6.07) is 4.42. The molecule has 1 aromatic rings. The van der Waals surface area contributed by atoms with E-state index < -0.39 is 0 Å². The van der Waals surface area contributed by atoms with Crippen LogP contribution >= 0.6 is 11.8 Å². The van der Waals surface area contributed by atoms with Gasteiger partial charge in [0.25, 0.3) is 0 Å². The van der Waals surface area contributed by atoms with Crippen molar-refractivity contribution in [1.82, 2.24) is 10.3 Å². The Morgan fingerprint density at radius 1 is 1.32 bits per heavy atom. The predicted molar refractivity (Wildman–Crippen MR) is 85.1 cm³/mol. The number of thioether (sulfide) groups is 1. The lowest BCUT2D eigenvalue weighted by Crippen LogP contribution is -2.26. The van der Waals surface area contributed by atoms with E-state index in [9.17, 15) is 0 Å². The van der Waals surface area contributed by atoms with Gasteiger partial charge in [-0.15, -0.1) is 0 Å². The molecule has 3 nitrogen and oxygen atoms in total. The monoisotopic (exact) mass is 279 g/mol. The van der Waals surface area contributed by atoms with E-state index in [2.05, 4.69) is 48.0 Å². The minimum absolute atomic E-state index is 0.933. The number of anilines is 1. The zero-order valence-electron chi connectivity index (χ0n) is 12.1. The summed E-state index contributed by atoms with van der Waals surface area (Å²) in [5.41, 5.74) is 2.49. The zero-order chi connectivity index (χ0) is 13.5. The number of aromatic nitrogens is 1. The Labute approximate surface area is 121 Å². The van der Waals surface area contributed by atoms with Crippen molar-refractivity contribution in [2.75, 3.05) is 36.0 Å². The quantitative estimate of drug-likeness (QED) is 0.839. The van der Waals surface area contributed by atoms with Gasteiger partial charge < -0.3 is 10.2 Å². The van der Waals surface area contributed by atoms with Gasteiger partial charge in [0.05, 0.1) is 0 Å². The second-order valence-corrected chi connectivity index (χ2v) is 6.27. The molecule has 0 saturated carbocycles. The molecule has 1 aromatic heterocycles. The molecule has 2 rings (SSSR count). The normalized spacial score (nSPS) is 16.4. The van der Waals surface area contributed by atoms with Crippen molar-refractivity contribution in [2.45, 2.75) is 33.2 Å². The fraction of sp³-hybridized carbons (Fsp3) is 0.667. The van der Waals surface area contributed by atoms with Gasteiger partial charge in [0.15, 0.2) is 0 Å². The highest BCUT2D eigenvalue weighted by atomic mass is 32.2. The maximum atomic E-state index is 4.79. The molecule has 106 valence electrons. The second-order valence-electron chi connectivity index (χ2n) is 5.04. The van der Waals surface area contributed by atoms with Crippen molar-refractivity contribution in [1.29, 1.82) is 0 Å². The van der Waals surface area contributed by atoms with Crippen molar-refractivity contribution in [3.05, 3.63) is 23.4 Å². The fourth-order valence-electron chi connectivity index (χ4n) is 2.31. The van der Waals surface area contributed by atoms with Gasteiger partial charge in [0.2, 0.25) is 0 Å². The average molecular weight is 279 g/mol. The van der Waals surface area contributed by atoms with Crippen LogP contribution in [-0.4, -0.2) is 36.1 Å². The Balaban J connectivity index is 2.00. The Kier molecular flexibility index (Phi) is 5.98. The largest absolute Gasteiger partial charge is 0.356 e. The van der Waals surface area contributed by atoms with Gasteiger partial charge >= 0.3 is 0 Å². The van der Waals surface area contributed by atoms with E-state index in [1.165, 1.54) is 29.9 Å². The van der Waals surface area contributed by atoms with Crippen LogP contribution in [0, 0.1) is 6.92 Å². The van der Waals surface area contributed by atoms with Crippen LogP contribution in [0.4, 0.5) is 5.82 Å². The summed E-state index contributed by atoms with van der Waals surface area (Å²) in [6.07, 6.45) is 2.45. The Morgan fingerprint density at radius 3 is 3.00 bits per heavy atom. The van der Waals surface area contributed by atoms with E-state index in [1.807, 2.05) is 0 Å². The van der Waals surface area contributed by atoms with Crippen molar-refractivity contribution < 1.29 is 0 Å². The van der Waals surface area contributed by atoms with Gasteiger partial charge in [-0.25, -0.2) is 4.98 Å². The van der Waals surface area contributed by atoms with E-state index in [-0.39, 0.29) is 0 Å². The first-order valence-corrected chi connectivity index (χ1v) is 8.46. The first-order chi connectivity index (χ1) is 9.31. The lowest BCUT2D eigenvalue weighted by molar-refractivity contribution is 0.670. The molecule has 1 aliphatic heterocycles. The first kappa shape index (κ1) is 14.7. The number of pyridine rings is 1. The number of nitrogens with one attached hydrogen (secondary N) is 1. The molecule has 2 heterocycles. The van der Waals surface area contributed by atoms with E-state index in [4.69, 9.17) is 4.98 Å². The molecule has 1 N–H and O–H groups in total. The van der Waals surface area contributed by atoms with Crippen LogP contribution in [0.5, 0.6) is 0 Å². The summed E-state index contributed by atoms with van der Waals surface area (Å²) in [6.45, 7) is 8.60. The van der Waals surface area contributed by atoms with Crippen molar-refractivity contribution in [3.8, 4) is 0 Å². The standard InChI is InChI=1S/C15H25N3S/c1-3-7-16-12-14-5-6-15(17-13(14)2)18-8-4-10-19-11-9-18/h5-6,16H,3-4,7-12H2,1-2H3. The highest BCUT2D eigenvalue weighted by Crippen LogP contribution is 2.19. The first-order valence-electron chi connectivity index (χ1n) is 7.31. The molecule has 0 spiro atoms. The molecule has 1 saturated heterocycles. The van der Waals surface area contributed by atoms with Gasteiger partial charge in [0, 0.05) is 31.1 Å². The van der Waals surface area contributed by atoms with Crippen molar-refractivity contribution in [2.24, 2.45) is 0 Å². The number of rotatable bonds is 5. The summed E-state index contributed by atoms with van der Waals surface area (Å²) >= 11 is 2.06. The van der Waals surface area contributed by atoms with Crippen LogP contribution in [0.15, 0.2) is 12.1 Å². The third kappa shape index (κ3) is 4.39. The minimum atomic E-state index is 0.933. The summed E-state index contributed by atoms with van der Waals surface area (Å²) in [5.74, 6) is 3.66. The van der Waals surface area contributed by atoms with Gasteiger partial charge in [-0.05, 0) is 43.7 Å². The average Bonchev–Trinajstić information content (AvgIpc) is 2.70. The van der Waals surface area contributed by atoms with Gasteiger partial charge in [-0.3, -0.25) is 0 Å². The molecular formula is C15H25N3S. The Morgan fingerprint density at radius 2 is 2.21 bits per heavy atom. The number of nitrogens with zero attached hydrogens (tertiary/aromatic N) is 2. The molecule has 0 atom stereocenters. The smallest absolute Gasteiger partial charge is 0.128 e. The van der Waals surface area contributed by atoms with Crippen LogP contribution < -0.4 is 10.2 Å². The molecule has 0 aliphatic carbocycles. The summed E-state index contributed by atoms with van der Waals surface area (Å²) < 4.78 is 0. The van der Waals surface area contributed by atoms with E-state index >= 15 is 0 Å². The molecule has 0 aromatic carbocycles. The molecule has 1 fully saturated rings. The van der Waals surface area contributed by atoms with E-state index in [1.54, 1.807) is 0 Å². The fourth-order valence-corrected chi connectivity index (χ4v) is 3.20. The molecule has 0 radical (unpaired) electrons. The van der Waals surface area contributed by atoms with E-state index in [0.717, 1.165) is 37.7 Å². The van der Waals surface area contributed by atoms with Crippen LogP contribution in [0.2, 0.25) is 0 Å². The van der Waals surface area contributed by atoms with Gasteiger partial charge in [0.1, 0.15) is 5.82 Å². The number of aryl methyl sites for hydroxylation is 1. The minimum Gasteiger partial charge on any atom is -0.356 e. The highest BCUT2D eigenvalue weighted by molar-refractivity contribution is 7.99. The predicted octanol–water partition coefficient (Wildman–Crippen LogP) is 2.83. The summed E-state index contributed by atoms with van der Waals surface area (Å²) in [4.78, 5) is 7.22. The summed E-state index contributed by atoms with van der Waals surface area (Å²) in [5, 5.41) is 3.44.